The van der Waals surface area contributed by atoms with Crippen molar-refractivity contribution in [2.45, 2.75) is 12.5 Å². The van der Waals surface area contributed by atoms with Gasteiger partial charge in [-0.2, -0.15) is 11.8 Å². The number of thioether (sulfide) groups is 1. The fourth-order valence-corrected chi connectivity index (χ4v) is 1.43. The summed E-state index contributed by atoms with van der Waals surface area (Å²) in [5, 5.41) is 0. The van der Waals surface area contributed by atoms with E-state index in [0.29, 0.717) is 12.3 Å². The topological polar surface area (TPSA) is 95.1 Å². The summed E-state index contributed by atoms with van der Waals surface area (Å²) >= 11 is 1.61. The normalized spacial score (nSPS) is 12.9. The van der Waals surface area contributed by atoms with E-state index in [1.54, 1.807) is 11.8 Å². The van der Waals surface area contributed by atoms with Crippen molar-refractivity contribution in [1.29, 1.82) is 0 Å². The zero-order valence-corrected chi connectivity index (χ0v) is 7.27. The molecule has 0 spiro atoms. The van der Waals surface area contributed by atoms with E-state index in [2.05, 4.69) is 0 Å². The molecule has 0 fully saturated rings. The number of hydrogen-bond acceptors (Lipinski definition) is 4. The zero-order valence-electron chi connectivity index (χ0n) is 6.45. The number of amides is 1. The van der Waals surface area contributed by atoms with Crippen LogP contribution in [0.1, 0.15) is 6.42 Å². The molecule has 0 heterocycles. The molecule has 0 aliphatic heterocycles. The molecular formula is C6H15N3OS. The van der Waals surface area contributed by atoms with Crippen LogP contribution >= 0.6 is 11.8 Å². The molecule has 66 valence electrons. The Kier molecular flexibility index (Phi) is 6.30. The molecule has 0 saturated heterocycles. The van der Waals surface area contributed by atoms with Crippen molar-refractivity contribution in [2.24, 2.45) is 17.2 Å². The molecule has 0 aliphatic carbocycles. The summed E-state index contributed by atoms with van der Waals surface area (Å²) in [5.41, 5.74) is 15.6. The second kappa shape index (κ2) is 6.45. The van der Waals surface area contributed by atoms with E-state index in [1.807, 2.05) is 0 Å². The summed E-state index contributed by atoms with van der Waals surface area (Å²) in [6.45, 7) is 0.679. The maximum Gasteiger partial charge on any atom is 0.235 e. The Labute approximate surface area is 70.9 Å². The smallest absolute Gasteiger partial charge is 0.235 e. The Bertz CT molecular complexity index is 120. The van der Waals surface area contributed by atoms with Gasteiger partial charge in [0.2, 0.25) is 5.91 Å². The molecule has 0 aromatic rings. The van der Waals surface area contributed by atoms with Crippen LogP contribution < -0.4 is 17.2 Å². The van der Waals surface area contributed by atoms with Crippen LogP contribution in [-0.2, 0) is 4.79 Å². The molecule has 11 heavy (non-hydrogen) atoms. The van der Waals surface area contributed by atoms with Crippen molar-refractivity contribution < 1.29 is 4.79 Å². The molecular weight excluding hydrogens is 162 g/mol. The molecule has 0 saturated carbocycles. The van der Waals surface area contributed by atoms with Crippen molar-refractivity contribution in [3.63, 3.8) is 0 Å². The summed E-state index contributed by atoms with van der Waals surface area (Å²) in [7, 11) is 0. The lowest BCUT2D eigenvalue weighted by atomic mass is 10.3. The van der Waals surface area contributed by atoms with E-state index >= 15 is 0 Å². The number of hydrogen-bond donors (Lipinski definition) is 3. The minimum atomic E-state index is -0.516. The molecule has 0 radical (unpaired) electrons. The second-order valence-corrected chi connectivity index (χ2v) is 3.38. The molecule has 1 atom stereocenters. The van der Waals surface area contributed by atoms with E-state index in [1.165, 1.54) is 0 Å². The lowest BCUT2D eigenvalue weighted by Crippen LogP contribution is -2.38. The lowest BCUT2D eigenvalue weighted by Gasteiger charge is -2.05. The van der Waals surface area contributed by atoms with Crippen LogP contribution in [0.5, 0.6) is 0 Å². The van der Waals surface area contributed by atoms with E-state index in [0.717, 1.165) is 12.2 Å². The maximum absolute atomic E-state index is 10.4. The predicted molar refractivity (Wildman–Crippen MR) is 48.2 cm³/mol. The van der Waals surface area contributed by atoms with Crippen molar-refractivity contribution >= 4 is 17.7 Å². The van der Waals surface area contributed by atoms with Crippen LogP contribution in [0.2, 0.25) is 0 Å². The number of nitrogens with two attached hydrogens (primary N) is 3. The third-order valence-electron chi connectivity index (χ3n) is 1.16. The van der Waals surface area contributed by atoms with E-state index < -0.39 is 11.9 Å². The first-order valence-corrected chi connectivity index (χ1v) is 4.66. The molecule has 4 nitrogen and oxygen atoms in total. The van der Waals surface area contributed by atoms with Crippen molar-refractivity contribution in [2.75, 3.05) is 18.1 Å². The van der Waals surface area contributed by atoms with E-state index in [9.17, 15) is 4.79 Å². The molecule has 0 aromatic heterocycles. The summed E-state index contributed by atoms with van der Waals surface area (Å²) in [6, 6.07) is -0.516. The van der Waals surface area contributed by atoms with Gasteiger partial charge in [-0.3, -0.25) is 4.79 Å². The number of rotatable bonds is 6. The summed E-state index contributed by atoms with van der Waals surface area (Å²) in [5.74, 6) is 1.09. The van der Waals surface area contributed by atoms with Gasteiger partial charge >= 0.3 is 0 Å². The number of carbonyl (C=O) groups excluding carboxylic acids is 1. The van der Waals surface area contributed by atoms with Gasteiger partial charge in [0.15, 0.2) is 0 Å². The average molecular weight is 177 g/mol. The fraction of sp³-hybridized carbons (Fsp3) is 0.833. The summed E-state index contributed by atoms with van der Waals surface area (Å²) in [4.78, 5) is 10.4. The van der Waals surface area contributed by atoms with Crippen molar-refractivity contribution in [3.05, 3.63) is 0 Å². The molecule has 0 rings (SSSR count). The quantitative estimate of drug-likeness (QED) is 0.448. The van der Waals surface area contributed by atoms with Crippen LogP contribution in [0.4, 0.5) is 0 Å². The Balaban J connectivity index is 3.17. The first kappa shape index (κ1) is 10.7. The molecule has 1 unspecified atom stereocenters. The van der Waals surface area contributed by atoms with Gasteiger partial charge < -0.3 is 17.2 Å². The zero-order chi connectivity index (χ0) is 8.69. The highest BCUT2D eigenvalue weighted by Crippen LogP contribution is 2.02. The molecule has 6 N–H and O–H groups in total. The van der Waals surface area contributed by atoms with Crippen molar-refractivity contribution in [1.82, 2.24) is 0 Å². The Morgan fingerprint density at radius 2 is 2.18 bits per heavy atom. The van der Waals surface area contributed by atoms with Crippen LogP contribution in [0.3, 0.4) is 0 Å². The van der Waals surface area contributed by atoms with Gasteiger partial charge in [0.25, 0.3) is 0 Å². The first-order chi connectivity index (χ1) is 5.18. The van der Waals surface area contributed by atoms with Crippen molar-refractivity contribution in [3.8, 4) is 0 Å². The van der Waals surface area contributed by atoms with Gasteiger partial charge in [0, 0.05) is 5.75 Å². The molecule has 0 bridgehead atoms. The third-order valence-corrected chi connectivity index (χ3v) is 2.33. The Morgan fingerprint density at radius 3 is 2.64 bits per heavy atom. The fourth-order valence-electron chi connectivity index (χ4n) is 0.478. The standard InChI is InChI=1S/C6H15N3OS/c7-2-1-3-11-4-5(8)6(9)10/h5H,1-4,7-8H2,(H2,9,10). The molecule has 5 heteroatoms. The lowest BCUT2D eigenvalue weighted by molar-refractivity contribution is -0.118. The molecule has 1 amide bonds. The van der Waals surface area contributed by atoms with Gasteiger partial charge in [-0.1, -0.05) is 0 Å². The second-order valence-electron chi connectivity index (χ2n) is 2.23. The Hall–Kier alpha value is -0.260. The minimum Gasteiger partial charge on any atom is -0.368 e. The van der Waals surface area contributed by atoms with Crippen LogP contribution in [0.25, 0.3) is 0 Å². The monoisotopic (exact) mass is 177 g/mol. The number of primary amides is 1. The van der Waals surface area contributed by atoms with Crippen LogP contribution in [-0.4, -0.2) is 30.0 Å². The highest BCUT2D eigenvalue weighted by molar-refractivity contribution is 7.99. The highest BCUT2D eigenvalue weighted by atomic mass is 32.2. The number of carbonyl (C=O) groups is 1. The summed E-state index contributed by atoms with van der Waals surface area (Å²) in [6.07, 6.45) is 0.955. The largest absolute Gasteiger partial charge is 0.368 e. The SMILES string of the molecule is NCCCSCC(N)C(N)=O. The minimum absolute atomic E-state index is 0.440. The summed E-state index contributed by atoms with van der Waals surface area (Å²) < 4.78 is 0. The van der Waals surface area contributed by atoms with Gasteiger partial charge in [0.1, 0.15) is 0 Å². The maximum atomic E-state index is 10.4. The van der Waals surface area contributed by atoms with Crippen LogP contribution in [0.15, 0.2) is 0 Å². The Morgan fingerprint density at radius 1 is 1.55 bits per heavy atom. The highest BCUT2D eigenvalue weighted by Gasteiger charge is 2.07. The van der Waals surface area contributed by atoms with Gasteiger partial charge in [0.05, 0.1) is 6.04 Å². The predicted octanol–water partition coefficient (Wildman–Crippen LogP) is -1.12. The molecule has 0 aliphatic rings. The van der Waals surface area contributed by atoms with E-state index in [4.69, 9.17) is 17.2 Å². The van der Waals surface area contributed by atoms with Crippen LogP contribution in [0, 0.1) is 0 Å². The third kappa shape index (κ3) is 6.15. The van der Waals surface area contributed by atoms with E-state index in [-0.39, 0.29) is 0 Å². The van der Waals surface area contributed by atoms with Gasteiger partial charge in [-0.25, -0.2) is 0 Å². The molecule has 0 aromatic carbocycles. The average Bonchev–Trinajstić information content (AvgIpc) is 1.97. The van der Waals surface area contributed by atoms with Gasteiger partial charge in [-0.15, -0.1) is 0 Å². The van der Waals surface area contributed by atoms with Gasteiger partial charge in [-0.05, 0) is 18.7 Å². The first-order valence-electron chi connectivity index (χ1n) is 3.51.